The Labute approximate surface area is 114 Å². The summed E-state index contributed by atoms with van der Waals surface area (Å²) in [6, 6.07) is 0.423. The number of aliphatic carboxylic acids is 1. The fourth-order valence-electron chi connectivity index (χ4n) is 2.46. The topological polar surface area (TPSA) is 75.1 Å². The molecule has 2 fully saturated rings. The van der Waals surface area contributed by atoms with E-state index >= 15 is 0 Å². The average molecular weight is 285 g/mol. The van der Waals surface area contributed by atoms with Crippen molar-refractivity contribution in [3.8, 4) is 0 Å². The first-order valence-electron chi connectivity index (χ1n) is 6.12. The summed E-state index contributed by atoms with van der Waals surface area (Å²) < 4.78 is 4.91. The molecule has 3 rings (SSSR count). The monoisotopic (exact) mass is 285 g/mol. The second-order valence-electron chi connectivity index (χ2n) is 5.00. The van der Waals surface area contributed by atoms with Crippen molar-refractivity contribution in [1.82, 2.24) is 14.7 Å². The van der Waals surface area contributed by atoms with Gasteiger partial charge in [0, 0.05) is 11.3 Å². The van der Waals surface area contributed by atoms with Gasteiger partial charge in [-0.25, -0.2) is 4.98 Å². The number of thioether (sulfide) groups is 1. The minimum atomic E-state index is -0.705. The largest absolute Gasteiger partial charge is 0.480 e. The molecule has 98 valence electrons. The number of carboxylic acid groups (broad SMARTS) is 1. The van der Waals surface area contributed by atoms with E-state index in [4.69, 9.17) is 0 Å². The molecule has 1 heterocycles. The van der Waals surface area contributed by atoms with Gasteiger partial charge in [-0.2, -0.15) is 4.37 Å². The summed E-state index contributed by atoms with van der Waals surface area (Å²) in [6.45, 7) is 0. The van der Waals surface area contributed by atoms with E-state index in [1.165, 1.54) is 11.5 Å². The van der Waals surface area contributed by atoms with Crippen LogP contribution in [0.1, 0.15) is 32.1 Å². The summed E-state index contributed by atoms with van der Waals surface area (Å²) in [5, 5.41) is 13.2. The second kappa shape index (κ2) is 4.79. The molecule has 0 aromatic carbocycles. The van der Waals surface area contributed by atoms with Gasteiger partial charge in [0.15, 0.2) is 4.34 Å². The molecule has 0 spiro atoms. The van der Waals surface area contributed by atoms with Crippen LogP contribution in [-0.2, 0) is 4.79 Å². The third-order valence-electron chi connectivity index (χ3n) is 3.54. The fourth-order valence-corrected chi connectivity index (χ4v) is 4.45. The number of carbonyl (C=O) groups is 1. The van der Waals surface area contributed by atoms with Gasteiger partial charge >= 0.3 is 5.97 Å². The fraction of sp³-hybridized carbons (Fsp3) is 0.727. The van der Waals surface area contributed by atoms with Crippen LogP contribution in [0.4, 0.5) is 0 Å². The maximum Gasteiger partial charge on any atom is 0.323 e. The van der Waals surface area contributed by atoms with Crippen molar-refractivity contribution >= 4 is 29.3 Å². The Balaban J connectivity index is 1.65. The molecule has 2 saturated carbocycles. The maximum absolute atomic E-state index is 11.5. The van der Waals surface area contributed by atoms with Gasteiger partial charge in [-0.3, -0.25) is 10.1 Å². The van der Waals surface area contributed by atoms with Gasteiger partial charge in [0.2, 0.25) is 0 Å². The number of nitrogens with zero attached hydrogens (tertiary/aromatic N) is 2. The molecule has 0 amide bonds. The molecule has 2 N–H and O–H groups in total. The van der Waals surface area contributed by atoms with Crippen molar-refractivity contribution in [2.75, 3.05) is 0 Å². The van der Waals surface area contributed by atoms with Crippen molar-refractivity contribution in [2.24, 2.45) is 0 Å². The van der Waals surface area contributed by atoms with Gasteiger partial charge in [-0.05, 0) is 43.6 Å². The zero-order valence-electron chi connectivity index (χ0n) is 9.83. The molecule has 2 unspecified atom stereocenters. The first kappa shape index (κ1) is 12.4. The molecule has 0 saturated heterocycles. The third kappa shape index (κ3) is 2.53. The van der Waals surface area contributed by atoms with Crippen LogP contribution in [0.3, 0.4) is 0 Å². The van der Waals surface area contributed by atoms with E-state index in [0.717, 1.165) is 30.0 Å². The molecule has 5 nitrogen and oxygen atoms in total. The van der Waals surface area contributed by atoms with Gasteiger partial charge in [0.1, 0.15) is 11.9 Å². The van der Waals surface area contributed by atoms with Gasteiger partial charge in [0.25, 0.3) is 0 Å². The van der Waals surface area contributed by atoms with E-state index in [9.17, 15) is 9.90 Å². The number of nitrogens with one attached hydrogen (secondary N) is 1. The van der Waals surface area contributed by atoms with Crippen molar-refractivity contribution in [3.63, 3.8) is 0 Å². The Morgan fingerprint density at radius 3 is 3.00 bits per heavy atom. The number of rotatable bonds is 5. The molecule has 18 heavy (non-hydrogen) atoms. The number of hydrogen-bond donors (Lipinski definition) is 2. The molecule has 1 aromatic rings. The van der Waals surface area contributed by atoms with Gasteiger partial charge in [-0.1, -0.05) is 11.8 Å². The molecule has 2 atom stereocenters. The Morgan fingerprint density at radius 2 is 2.39 bits per heavy atom. The first-order valence-corrected chi connectivity index (χ1v) is 7.78. The second-order valence-corrected chi connectivity index (χ2v) is 7.32. The standard InChI is InChI=1S/C11H15N3O2S2/c15-9(16)11(14-7-1-2-7)4-3-8(5-11)17-10-12-6-13-18-10/h6-8,14H,1-5H2,(H,15,16). The molecule has 1 aromatic heterocycles. The quantitative estimate of drug-likeness (QED) is 0.858. The minimum Gasteiger partial charge on any atom is -0.480 e. The number of carboxylic acids is 1. The third-order valence-corrected chi connectivity index (χ3v) is 5.56. The van der Waals surface area contributed by atoms with Crippen LogP contribution < -0.4 is 5.32 Å². The van der Waals surface area contributed by atoms with Crippen molar-refractivity contribution in [1.29, 1.82) is 0 Å². The molecule has 2 aliphatic rings. The lowest BCUT2D eigenvalue weighted by Gasteiger charge is -2.25. The Morgan fingerprint density at radius 1 is 1.56 bits per heavy atom. The van der Waals surface area contributed by atoms with Crippen LogP contribution in [0, 0.1) is 0 Å². The van der Waals surface area contributed by atoms with Crippen LogP contribution in [0.25, 0.3) is 0 Å². The zero-order chi connectivity index (χ0) is 12.6. The summed E-state index contributed by atoms with van der Waals surface area (Å²) in [5.74, 6) is -0.699. The van der Waals surface area contributed by atoms with Crippen LogP contribution >= 0.6 is 23.3 Å². The highest BCUT2D eigenvalue weighted by molar-refractivity contribution is 8.01. The Bertz CT molecular complexity index is 436. The molecular weight excluding hydrogens is 270 g/mol. The summed E-state index contributed by atoms with van der Waals surface area (Å²) in [5.41, 5.74) is -0.705. The zero-order valence-corrected chi connectivity index (χ0v) is 11.5. The highest BCUT2D eigenvalue weighted by Gasteiger charge is 2.48. The molecule has 2 aliphatic carbocycles. The van der Waals surface area contributed by atoms with E-state index in [-0.39, 0.29) is 0 Å². The Kier molecular flexibility index (Phi) is 3.29. The van der Waals surface area contributed by atoms with Crippen LogP contribution in [0.5, 0.6) is 0 Å². The van der Waals surface area contributed by atoms with E-state index in [0.29, 0.717) is 17.7 Å². The van der Waals surface area contributed by atoms with Crippen LogP contribution in [0.2, 0.25) is 0 Å². The SMILES string of the molecule is O=C(O)C1(NC2CC2)CCC(Sc2ncns2)C1. The first-order chi connectivity index (χ1) is 8.68. The lowest BCUT2D eigenvalue weighted by molar-refractivity contribution is -0.144. The normalized spacial score (nSPS) is 31.7. The highest BCUT2D eigenvalue weighted by atomic mass is 32.2. The minimum absolute atomic E-state index is 0.334. The lowest BCUT2D eigenvalue weighted by Crippen LogP contribution is -2.51. The molecular formula is C11H15N3O2S2. The maximum atomic E-state index is 11.5. The number of aromatic nitrogens is 2. The summed E-state index contributed by atoms with van der Waals surface area (Å²) in [7, 11) is 0. The van der Waals surface area contributed by atoms with E-state index in [1.807, 2.05) is 0 Å². The van der Waals surface area contributed by atoms with Crippen molar-refractivity contribution in [2.45, 2.75) is 53.3 Å². The predicted molar refractivity (Wildman–Crippen MR) is 69.9 cm³/mol. The van der Waals surface area contributed by atoms with Crippen molar-refractivity contribution < 1.29 is 9.90 Å². The van der Waals surface area contributed by atoms with Crippen LogP contribution in [-0.4, -0.2) is 37.3 Å². The highest BCUT2D eigenvalue weighted by Crippen LogP contribution is 2.42. The summed E-state index contributed by atoms with van der Waals surface area (Å²) >= 11 is 3.05. The molecule has 7 heteroatoms. The average Bonchev–Trinajstić information content (AvgIpc) is 2.84. The predicted octanol–water partition coefficient (Wildman–Crippen LogP) is 1.76. The molecule has 0 bridgehead atoms. The molecule has 0 aliphatic heterocycles. The summed E-state index contributed by atoms with van der Waals surface area (Å²) in [4.78, 5) is 15.7. The van der Waals surface area contributed by atoms with Gasteiger partial charge < -0.3 is 5.11 Å². The number of hydrogen-bond acceptors (Lipinski definition) is 6. The van der Waals surface area contributed by atoms with Gasteiger partial charge in [0.05, 0.1) is 0 Å². The lowest BCUT2D eigenvalue weighted by atomic mass is 9.98. The Hall–Kier alpha value is -0.660. The van der Waals surface area contributed by atoms with E-state index < -0.39 is 11.5 Å². The smallest absolute Gasteiger partial charge is 0.323 e. The summed E-state index contributed by atoms with van der Waals surface area (Å²) in [6.07, 6.45) is 6.11. The van der Waals surface area contributed by atoms with E-state index in [2.05, 4.69) is 14.7 Å². The van der Waals surface area contributed by atoms with Crippen molar-refractivity contribution in [3.05, 3.63) is 6.33 Å². The van der Waals surface area contributed by atoms with Gasteiger partial charge in [-0.15, -0.1) is 0 Å². The van der Waals surface area contributed by atoms with Crippen LogP contribution in [0.15, 0.2) is 10.7 Å². The van der Waals surface area contributed by atoms with E-state index in [1.54, 1.807) is 18.1 Å². The molecule has 0 radical (unpaired) electrons.